The van der Waals surface area contributed by atoms with Gasteiger partial charge in [-0.2, -0.15) is 0 Å². The number of benzene rings is 2. The molecule has 1 fully saturated rings. The molecule has 1 saturated heterocycles. The van der Waals surface area contributed by atoms with Crippen molar-refractivity contribution in [1.82, 2.24) is 20.2 Å². The number of aromatic nitrogens is 4. The van der Waals surface area contributed by atoms with Crippen LogP contribution in [0.5, 0.6) is 0 Å². The third-order valence-electron chi connectivity index (χ3n) is 4.40. The first-order valence-electron chi connectivity index (χ1n) is 8.40. The SMILES string of the molecule is O=C(Nc1cc(-n2cnnn2)ccc1N1CCCC1)c1ccc(Br)cc1. The number of nitrogens with one attached hydrogen (secondary N) is 1. The zero-order valence-electron chi connectivity index (χ0n) is 14.0. The van der Waals surface area contributed by atoms with E-state index in [-0.39, 0.29) is 5.91 Å². The number of amides is 1. The average molecular weight is 413 g/mol. The highest BCUT2D eigenvalue weighted by Crippen LogP contribution is 2.31. The first kappa shape index (κ1) is 16.7. The lowest BCUT2D eigenvalue weighted by molar-refractivity contribution is 0.102. The van der Waals surface area contributed by atoms with Crippen LogP contribution in [0.2, 0.25) is 0 Å². The van der Waals surface area contributed by atoms with Crippen LogP contribution in [0.1, 0.15) is 23.2 Å². The topological polar surface area (TPSA) is 75.9 Å². The van der Waals surface area contributed by atoms with Crippen molar-refractivity contribution >= 4 is 33.2 Å². The van der Waals surface area contributed by atoms with E-state index < -0.39 is 0 Å². The van der Waals surface area contributed by atoms with Gasteiger partial charge in [0, 0.05) is 23.1 Å². The number of carbonyl (C=O) groups excluding carboxylic acids is 1. The summed E-state index contributed by atoms with van der Waals surface area (Å²) < 4.78 is 2.51. The second-order valence-corrected chi connectivity index (χ2v) is 7.03. The number of carbonyl (C=O) groups is 1. The molecule has 1 amide bonds. The molecule has 132 valence electrons. The highest BCUT2D eigenvalue weighted by Gasteiger charge is 2.18. The Bertz CT molecular complexity index is 904. The third-order valence-corrected chi connectivity index (χ3v) is 4.92. The number of anilines is 2. The molecule has 7 nitrogen and oxygen atoms in total. The van der Waals surface area contributed by atoms with E-state index in [9.17, 15) is 4.79 Å². The maximum atomic E-state index is 12.7. The zero-order valence-corrected chi connectivity index (χ0v) is 15.6. The van der Waals surface area contributed by atoms with Gasteiger partial charge in [-0.1, -0.05) is 15.9 Å². The van der Waals surface area contributed by atoms with Gasteiger partial charge in [-0.25, -0.2) is 4.68 Å². The first-order chi connectivity index (χ1) is 12.7. The summed E-state index contributed by atoms with van der Waals surface area (Å²) in [7, 11) is 0. The summed E-state index contributed by atoms with van der Waals surface area (Å²) in [6.45, 7) is 1.98. The monoisotopic (exact) mass is 412 g/mol. The Morgan fingerprint density at radius 2 is 1.85 bits per heavy atom. The van der Waals surface area contributed by atoms with Gasteiger partial charge in [0.2, 0.25) is 0 Å². The Hall–Kier alpha value is -2.74. The molecule has 0 aliphatic carbocycles. The molecule has 1 aromatic heterocycles. The highest BCUT2D eigenvalue weighted by molar-refractivity contribution is 9.10. The molecule has 0 bridgehead atoms. The summed E-state index contributed by atoms with van der Waals surface area (Å²) in [5.41, 5.74) is 3.18. The van der Waals surface area contributed by atoms with Gasteiger partial charge in [0.25, 0.3) is 5.91 Å². The predicted octanol–water partition coefficient (Wildman–Crippen LogP) is 3.28. The van der Waals surface area contributed by atoms with Gasteiger partial charge < -0.3 is 10.2 Å². The molecular weight excluding hydrogens is 396 g/mol. The number of halogens is 1. The Kier molecular flexibility index (Phi) is 4.66. The number of hydrogen-bond donors (Lipinski definition) is 1. The van der Waals surface area contributed by atoms with Crippen molar-refractivity contribution in [1.29, 1.82) is 0 Å². The largest absolute Gasteiger partial charge is 0.370 e. The minimum Gasteiger partial charge on any atom is -0.370 e. The normalized spacial score (nSPS) is 13.8. The van der Waals surface area contributed by atoms with Crippen molar-refractivity contribution in [2.45, 2.75) is 12.8 Å². The van der Waals surface area contributed by atoms with Crippen molar-refractivity contribution in [2.75, 3.05) is 23.3 Å². The Morgan fingerprint density at radius 1 is 1.08 bits per heavy atom. The predicted molar refractivity (Wildman–Crippen MR) is 103 cm³/mol. The lowest BCUT2D eigenvalue weighted by Gasteiger charge is -2.22. The maximum absolute atomic E-state index is 12.7. The molecule has 0 atom stereocenters. The summed E-state index contributed by atoms with van der Waals surface area (Å²) in [5.74, 6) is -0.146. The van der Waals surface area contributed by atoms with Crippen LogP contribution in [0.3, 0.4) is 0 Å². The van der Waals surface area contributed by atoms with Crippen LogP contribution in [0.4, 0.5) is 11.4 Å². The molecule has 2 aromatic carbocycles. The minimum atomic E-state index is -0.146. The molecule has 1 aliphatic rings. The fourth-order valence-electron chi connectivity index (χ4n) is 3.08. The lowest BCUT2D eigenvalue weighted by atomic mass is 10.2. The number of rotatable bonds is 4. The van der Waals surface area contributed by atoms with Gasteiger partial charge in [-0.05, 0) is 65.7 Å². The molecule has 0 spiro atoms. The van der Waals surface area contributed by atoms with E-state index in [0.29, 0.717) is 5.56 Å². The van der Waals surface area contributed by atoms with Crippen LogP contribution >= 0.6 is 15.9 Å². The lowest BCUT2D eigenvalue weighted by Crippen LogP contribution is -2.21. The van der Waals surface area contributed by atoms with Crippen LogP contribution in [0.25, 0.3) is 5.69 Å². The van der Waals surface area contributed by atoms with Gasteiger partial charge in [-0.15, -0.1) is 5.10 Å². The minimum absolute atomic E-state index is 0.146. The van der Waals surface area contributed by atoms with Crippen molar-refractivity contribution < 1.29 is 4.79 Å². The maximum Gasteiger partial charge on any atom is 0.255 e. The first-order valence-corrected chi connectivity index (χ1v) is 9.19. The molecule has 0 radical (unpaired) electrons. The quantitative estimate of drug-likeness (QED) is 0.711. The van der Waals surface area contributed by atoms with Crippen LogP contribution in [-0.2, 0) is 0 Å². The van der Waals surface area contributed by atoms with Gasteiger partial charge >= 0.3 is 0 Å². The molecular formula is C18H17BrN6O. The second kappa shape index (κ2) is 7.25. The highest BCUT2D eigenvalue weighted by atomic mass is 79.9. The van der Waals surface area contributed by atoms with Crippen LogP contribution in [0.15, 0.2) is 53.3 Å². The second-order valence-electron chi connectivity index (χ2n) is 6.11. The molecule has 0 unspecified atom stereocenters. The van der Waals surface area contributed by atoms with Gasteiger partial charge in [-0.3, -0.25) is 4.79 Å². The van der Waals surface area contributed by atoms with Crippen LogP contribution in [0, 0.1) is 0 Å². The van der Waals surface area contributed by atoms with E-state index in [4.69, 9.17) is 0 Å². The van der Waals surface area contributed by atoms with Crippen LogP contribution in [-0.4, -0.2) is 39.2 Å². The number of nitrogens with zero attached hydrogens (tertiary/aromatic N) is 5. The molecule has 2 heterocycles. The number of tetrazole rings is 1. The van der Waals surface area contributed by atoms with Crippen molar-refractivity contribution in [2.24, 2.45) is 0 Å². The summed E-state index contributed by atoms with van der Waals surface area (Å²) in [5, 5.41) is 14.3. The molecule has 0 saturated carbocycles. The van der Waals surface area contributed by atoms with E-state index in [1.54, 1.807) is 16.8 Å². The molecule has 1 N–H and O–H groups in total. The van der Waals surface area contributed by atoms with Crippen molar-refractivity contribution in [3.63, 3.8) is 0 Å². The van der Waals surface area contributed by atoms with Gasteiger partial charge in [0.1, 0.15) is 6.33 Å². The van der Waals surface area contributed by atoms with E-state index in [0.717, 1.165) is 47.5 Å². The van der Waals surface area contributed by atoms with E-state index in [2.05, 4.69) is 41.7 Å². The molecule has 26 heavy (non-hydrogen) atoms. The summed E-state index contributed by atoms with van der Waals surface area (Å²) in [4.78, 5) is 15.0. The third kappa shape index (κ3) is 3.45. The fourth-order valence-corrected chi connectivity index (χ4v) is 3.34. The Morgan fingerprint density at radius 3 is 2.54 bits per heavy atom. The van der Waals surface area contributed by atoms with Gasteiger partial charge in [0.15, 0.2) is 0 Å². The fraction of sp³-hybridized carbons (Fsp3) is 0.222. The average Bonchev–Trinajstić information content (AvgIpc) is 3.36. The molecule has 3 aromatic rings. The molecule has 1 aliphatic heterocycles. The Labute approximate surface area is 159 Å². The summed E-state index contributed by atoms with van der Waals surface area (Å²) >= 11 is 3.39. The zero-order chi connectivity index (χ0) is 17.9. The Balaban J connectivity index is 1.67. The molecule has 4 rings (SSSR count). The van der Waals surface area contributed by atoms with E-state index in [1.807, 2.05) is 30.3 Å². The van der Waals surface area contributed by atoms with Crippen LogP contribution < -0.4 is 10.2 Å². The number of hydrogen-bond acceptors (Lipinski definition) is 5. The van der Waals surface area contributed by atoms with Crippen molar-refractivity contribution in [3.05, 3.63) is 58.8 Å². The van der Waals surface area contributed by atoms with Crippen molar-refractivity contribution in [3.8, 4) is 5.69 Å². The summed E-state index contributed by atoms with van der Waals surface area (Å²) in [6, 6.07) is 13.2. The van der Waals surface area contributed by atoms with Gasteiger partial charge in [0.05, 0.1) is 17.1 Å². The van der Waals surface area contributed by atoms with E-state index >= 15 is 0 Å². The summed E-state index contributed by atoms with van der Waals surface area (Å²) in [6.07, 6.45) is 3.86. The molecule has 8 heteroatoms. The van der Waals surface area contributed by atoms with E-state index in [1.165, 1.54) is 6.33 Å². The standard InChI is InChI=1S/C18H17BrN6O/c19-14-5-3-13(4-6-14)18(26)21-16-11-15(25-12-20-22-23-25)7-8-17(16)24-9-1-2-10-24/h3-8,11-12H,1-2,9-10H2,(H,21,26). The smallest absolute Gasteiger partial charge is 0.255 e.